The fourth-order valence-electron chi connectivity index (χ4n) is 4.90. The number of phenols is 1. The Morgan fingerprint density at radius 2 is 1.80 bits per heavy atom. The van der Waals surface area contributed by atoms with Gasteiger partial charge in [-0.2, -0.15) is 0 Å². The van der Waals surface area contributed by atoms with Crippen LogP contribution < -0.4 is 15.8 Å². The fraction of sp³-hybridized carbons (Fsp3) is 0.314. The molecule has 0 spiro atoms. The number of nitrogens with zero attached hydrogens (tertiary/aromatic N) is 1. The van der Waals surface area contributed by atoms with E-state index in [1.165, 1.54) is 0 Å². The molecule has 3 atom stereocenters. The van der Waals surface area contributed by atoms with Crippen LogP contribution >= 0.6 is 0 Å². The predicted octanol–water partition coefficient (Wildman–Crippen LogP) is 5.57. The first kappa shape index (κ1) is 36.1. The van der Waals surface area contributed by atoms with Gasteiger partial charge in [-0.1, -0.05) is 68.1 Å². The molecule has 9 heteroatoms. The molecule has 0 fully saturated rings. The molecule has 0 aliphatic heterocycles. The van der Waals surface area contributed by atoms with E-state index in [-0.39, 0.29) is 35.1 Å². The number of aromatic hydroxyl groups is 1. The number of fused-ring (bicyclic) bond motifs is 1. The smallest absolute Gasteiger partial charge is 0.240 e. The van der Waals surface area contributed by atoms with Gasteiger partial charge in [-0.3, -0.25) is 9.78 Å². The average molecular weight is 619 g/mol. The van der Waals surface area contributed by atoms with Crippen LogP contribution in [0.25, 0.3) is 0 Å². The summed E-state index contributed by atoms with van der Waals surface area (Å²) in [5, 5.41) is 13.1. The van der Waals surface area contributed by atoms with Crippen molar-refractivity contribution in [2.24, 2.45) is 5.73 Å². The topological polar surface area (TPSA) is 134 Å². The molecule has 44 heavy (non-hydrogen) atoms. The van der Waals surface area contributed by atoms with Gasteiger partial charge in [-0.15, -0.1) is 6.58 Å². The summed E-state index contributed by atoms with van der Waals surface area (Å²) >= 11 is 0. The van der Waals surface area contributed by atoms with E-state index >= 15 is 0 Å². The highest BCUT2D eigenvalue weighted by molar-refractivity contribution is 7.89. The Balaban J connectivity index is 0.000000876. The van der Waals surface area contributed by atoms with Gasteiger partial charge in [0, 0.05) is 30.9 Å². The lowest BCUT2D eigenvalue weighted by Gasteiger charge is -2.35. The molecule has 8 nitrogen and oxygen atoms in total. The Labute approximate surface area is 262 Å². The summed E-state index contributed by atoms with van der Waals surface area (Å²) in [6, 6.07) is 16.8. The summed E-state index contributed by atoms with van der Waals surface area (Å²) in [4.78, 5) is 17.4. The van der Waals surface area contributed by atoms with E-state index in [4.69, 9.17) is 5.73 Å². The molecule has 5 N–H and O–H groups in total. The summed E-state index contributed by atoms with van der Waals surface area (Å²) in [7, 11) is -3.54. The van der Waals surface area contributed by atoms with Gasteiger partial charge in [0.15, 0.2) is 0 Å². The minimum Gasteiger partial charge on any atom is -0.508 e. The first-order chi connectivity index (χ1) is 21.2. The van der Waals surface area contributed by atoms with Crippen LogP contribution in [0.5, 0.6) is 5.75 Å². The zero-order valence-electron chi connectivity index (χ0n) is 25.6. The number of nitrogens with one attached hydrogen (secondary N) is 2. The van der Waals surface area contributed by atoms with Crippen molar-refractivity contribution in [3.63, 3.8) is 0 Å². The largest absolute Gasteiger partial charge is 0.508 e. The molecule has 1 aliphatic rings. The Morgan fingerprint density at radius 3 is 2.43 bits per heavy atom. The molecule has 0 saturated heterocycles. The summed E-state index contributed by atoms with van der Waals surface area (Å²) in [5.41, 5.74) is 9.51. The number of sulfonamides is 1. The number of benzene rings is 2. The lowest BCUT2D eigenvalue weighted by Crippen LogP contribution is -2.49. The second-order valence-corrected chi connectivity index (χ2v) is 12.2. The molecule has 3 unspecified atom stereocenters. The van der Waals surface area contributed by atoms with Gasteiger partial charge < -0.3 is 16.2 Å². The number of aromatic nitrogens is 1. The maximum Gasteiger partial charge on any atom is 0.240 e. The minimum absolute atomic E-state index is 0.0390. The van der Waals surface area contributed by atoms with Crippen molar-refractivity contribution in [1.29, 1.82) is 0 Å². The van der Waals surface area contributed by atoms with Crippen LogP contribution in [0.15, 0.2) is 116 Å². The number of carbonyl (C=O) groups excluding carboxylic acids is 1. The monoisotopic (exact) mass is 618 g/mol. The predicted molar refractivity (Wildman–Crippen MR) is 179 cm³/mol. The number of amides is 1. The van der Waals surface area contributed by atoms with E-state index in [1.807, 2.05) is 31.3 Å². The molecule has 4 rings (SSSR count). The van der Waals surface area contributed by atoms with Crippen molar-refractivity contribution in [1.82, 2.24) is 15.0 Å². The van der Waals surface area contributed by atoms with Crippen molar-refractivity contribution >= 4 is 15.9 Å². The highest BCUT2D eigenvalue weighted by Gasteiger charge is 2.32. The van der Waals surface area contributed by atoms with E-state index in [2.05, 4.69) is 34.8 Å². The number of phenolic OH excluding ortho intramolecular Hbond substituents is 1. The van der Waals surface area contributed by atoms with Crippen LogP contribution in [0.2, 0.25) is 0 Å². The van der Waals surface area contributed by atoms with Crippen molar-refractivity contribution in [3.05, 3.63) is 128 Å². The quantitative estimate of drug-likeness (QED) is 0.119. The normalized spacial score (nSPS) is 16.0. The van der Waals surface area contributed by atoms with E-state index < -0.39 is 16.1 Å². The number of aryl methyl sites for hydroxylation is 1. The Morgan fingerprint density at radius 1 is 1.09 bits per heavy atom. The lowest BCUT2D eigenvalue weighted by atomic mass is 9.76. The van der Waals surface area contributed by atoms with Gasteiger partial charge in [0.2, 0.25) is 15.9 Å². The molecule has 3 aromatic rings. The Hall–Kier alpha value is -4.05. The molecule has 1 aromatic heterocycles. The second kappa shape index (κ2) is 19.3. The molecule has 0 saturated carbocycles. The molecule has 1 amide bonds. The van der Waals surface area contributed by atoms with Crippen molar-refractivity contribution in [3.8, 4) is 5.75 Å². The number of pyridine rings is 1. The highest BCUT2D eigenvalue weighted by atomic mass is 32.2. The van der Waals surface area contributed by atoms with Crippen molar-refractivity contribution in [2.45, 2.75) is 68.3 Å². The molecule has 0 bridgehead atoms. The van der Waals surface area contributed by atoms with Crippen LogP contribution in [0, 0.1) is 0 Å². The second-order valence-electron chi connectivity index (χ2n) is 10.4. The number of rotatable bonds is 12. The minimum atomic E-state index is -3.54. The highest BCUT2D eigenvalue weighted by Crippen LogP contribution is 2.36. The zero-order chi connectivity index (χ0) is 32.4. The maximum atomic E-state index is 13.0. The fourth-order valence-corrected chi connectivity index (χ4v) is 5.99. The van der Waals surface area contributed by atoms with E-state index in [1.54, 1.807) is 66.9 Å². The number of hydrogen-bond donors (Lipinski definition) is 4. The number of nitrogens with two attached hydrogens (primary N) is 1. The molecule has 0 radical (unpaired) electrons. The van der Waals surface area contributed by atoms with Crippen LogP contribution in [0.4, 0.5) is 0 Å². The molecular weight excluding hydrogens is 572 g/mol. The van der Waals surface area contributed by atoms with Gasteiger partial charge in [-0.05, 0) is 86.1 Å². The van der Waals surface area contributed by atoms with Crippen LogP contribution in [0.3, 0.4) is 0 Å². The summed E-state index contributed by atoms with van der Waals surface area (Å²) < 4.78 is 27.2. The Kier molecular flexibility index (Phi) is 15.8. The van der Waals surface area contributed by atoms with Gasteiger partial charge in [0.1, 0.15) is 5.75 Å². The Bertz CT molecular complexity index is 1420. The molecule has 1 aliphatic carbocycles. The standard InChI is InChI=1S/C28H34N4O4S.C4H6.C3H6/c29-26(10-4-5-16-31-37(35,36)23-8-2-1-3-9-23)28(34)32-27-14-11-21-18-22(33)12-13-24(21)25(27)17-20-7-6-15-30-19-20;1-3-4-2;1-3-2/h1-3,6-9,12-13,15,18-19,25-27,31,33H,4-5,10-11,14,16-17,29H2,(H,32,34);3-4H,1-2H2;3H,1H2,2H3. The number of allylic oxidation sites excluding steroid dienone is 3. The number of carbonyl (C=O) groups is 1. The van der Waals surface area contributed by atoms with Crippen molar-refractivity contribution in [2.75, 3.05) is 6.54 Å². The summed E-state index contributed by atoms with van der Waals surface area (Å²) in [6.45, 7) is 12.3. The lowest BCUT2D eigenvalue weighted by molar-refractivity contribution is -0.123. The maximum absolute atomic E-state index is 13.0. The van der Waals surface area contributed by atoms with E-state index in [0.717, 1.165) is 29.5 Å². The van der Waals surface area contributed by atoms with E-state index in [0.29, 0.717) is 25.7 Å². The van der Waals surface area contributed by atoms with Crippen molar-refractivity contribution < 1.29 is 18.3 Å². The zero-order valence-corrected chi connectivity index (χ0v) is 26.4. The number of hydrogen-bond acceptors (Lipinski definition) is 6. The van der Waals surface area contributed by atoms with Crippen LogP contribution in [-0.2, 0) is 27.7 Å². The third-order valence-corrected chi connectivity index (χ3v) is 8.51. The molecule has 2 aromatic carbocycles. The van der Waals surface area contributed by atoms with E-state index in [9.17, 15) is 18.3 Å². The average Bonchev–Trinajstić information content (AvgIpc) is 3.03. The third-order valence-electron chi connectivity index (χ3n) is 7.03. The number of unbranched alkanes of at least 4 members (excludes halogenated alkanes) is 1. The van der Waals surface area contributed by atoms with Crippen LogP contribution in [-0.4, -0.2) is 43.0 Å². The van der Waals surface area contributed by atoms with Gasteiger partial charge in [0.25, 0.3) is 0 Å². The first-order valence-electron chi connectivity index (χ1n) is 14.8. The SMILES string of the molecule is C=CC.C=CC=C.NC(CCCCNS(=O)(=O)c1ccccc1)C(=O)NC1CCc2cc(O)ccc2C1Cc1cccnc1. The van der Waals surface area contributed by atoms with Gasteiger partial charge >= 0.3 is 0 Å². The summed E-state index contributed by atoms with van der Waals surface area (Å²) in [6.07, 6.45) is 12.5. The van der Waals surface area contributed by atoms with Gasteiger partial charge in [-0.25, -0.2) is 13.1 Å². The van der Waals surface area contributed by atoms with Crippen LogP contribution in [0.1, 0.15) is 55.2 Å². The molecule has 236 valence electrons. The first-order valence-corrected chi connectivity index (χ1v) is 16.3. The molecule has 1 heterocycles. The summed E-state index contributed by atoms with van der Waals surface area (Å²) in [5.74, 6) is 0.0832. The molecular formula is C35H46N4O4S. The van der Waals surface area contributed by atoms with Gasteiger partial charge in [0.05, 0.1) is 10.9 Å². The third kappa shape index (κ3) is 11.9.